The predicted molar refractivity (Wildman–Crippen MR) is 97.3 cm³/mol. The highest BCUT2D eigenvalue weighted by molar-refractivity contribution is 9.10. The van der Waals surface area contributed by atoms with Crippen molar-refractivity contribution in [2.75, 3.05) is 0 Å². The van der Waals surface area contributed by atoms with Crippen molar-refractivity contribution in [3.05, 3.63) is 58.1 Å². The molecule has 1 aliphatic heterocycles. The minimum atomic E-state index is -1.14. The summed E-state index contributed by atoms with van der Waals surface area (Å²) < 4.78 is 11.4. The van der Waals surface area contributed by atoms with Crippen LogP contribution in [0.5, 0.6) is 0 Å². The van der Waals surface area contributed by atoms with Crippen molar-refractivity contribution >= 4 is 27.9 Å². The second-order valence-electron chi connectivity index (χ2n) is 6.42. The number of aromatic nitrogens is 2. The summed E-state index contributed by atoms with van der Waals surface area (Å²) in [7, 11) is 0. The zero-order valence-electron chi connectivity index (χ0n) is 14.5. The molecule has 138 valence electrons. The Morgan fingerprint density at radius 1 is 1.11 bits per heavy atom. The molecule has 9 heteroatoms. The maximum absolute atomic E-state index is 12.9. The molecule has 0 bridgehead atoms. The van der Waals surface area contributed by atoms with Crippen molar-refractivity contribution in [3.63, 3.8) is 0 Å². The van der Waals surface area contributed by atoms with Crippen LogP contribution in [0.1, 0.15) is 23.9 Å². The third-order valence-corrected chi connectivity index (χ3v) is 4.87. The molecule has 1 atom stereocenters. The lowest BCUT2D eigenvalue weighted by Gasteiger charge is -2.22. The van der Waals surface area contributed by atoms with Crippen molar-refractivity contribution in [1.82, 2.24) is 20.4 Å². The number of carbonyl (C=O) groups excluding carboxylic acids is 2. The highest BCUT2D eigenvalue weighted by Crippen LogP contribution is 2.30. The molecule has 1 aromatic carbocycles. The molecule has 0 aliphatic carbocycles. The van der Waals surface area contributed by atoms with E-state index in [-0.39, 0.29) is 24.2 Å². The van der Waals surface area contributed by atoms with E-state index in [0.717, 1.165) is 10.5 Å². The lowest BCUT2D eigenvalue weighted by atomic mass is 9.91. The Balaban J connectivity index is 1.56. The minimum absolute atomic E-state index is 0.124. The first-order valence-electron chi connectivity index (χ1n) is 8.16. The molecule has 8 nitrogen and oxygen atoms in total. The summed E-state index contributed by atoms with van der Waals surface area (Å²) in [5.74, 6) is 0.317. The first-order chi connectivity index (χ1) is 12.9. The number of furan rings is 1. The number of nitrogens with one attached hydrogen (secondary N) is 1. The Morgan fingerprint density at radius 2 is 1.85 bits per heavy atom. The molecule has 0 radical (unpaired) electrons. The van der Waals surface area contributed by atoms with Gasteiger partial charge in [0.25, 0.3) is 11.8 Å². The van der Waals surface area contributed by atoms with Crippen molar-refractivity contribution < 1.29 is 18.4 Å². The van der Waals surface area contributed by atoms with Gasteiger partial charge in [-0.3, -0.25) is 9.69 Å². The van der Waals surface area contributed by atoms with Gasteiger partial charge in [0.2, 0.25) is 5.89 Å². The number of hydrogen-bond acceptors (Lipinski definition) is 6. The summed E-state index contributed by atoms with van der Waals surface area (Å²) >= 11 is 3.20. The molecule has 1 fully saturated rings. The molecule has 4 rings (SSSR count). The monoisotopic (exact) mass is 430 g/mol. The lowest BCUT2D eigenvalue weighted by Crippen LogP contribution is -2.40. The van der Waals surface area contributed by atoms with Crippen molar-refractivity contribution in [3.8, 4) is 11.7 Å². The molecule has 3 amide bonds. The van der Waals surface area contributed by atoms with Crippen molar-refractivity contribution in [2.24, 2.45) is 0 Å². The van der Waals surface area contributed by atoms with Gasteiger partial charge in [-0.05, 0) is 47.5 Å². The Labute approximate surface area is 162 Å². The van der Waals surface area contributed by atoms with Crippen LogP contribution in [0.2, 0.25) is 0 Å². The molecule has 1 unspecified atom stereocenters. The van der Waals surface area contributed by atoms with E-state index in [1.54, 1.807) is 19.1 Å². The Kier molecular flexibility index (Phi) is 4.11. The number of carbonyl (C=O) groups is 2. The van der Waals surface area contributed by atoms with Crippen LogP contribution >= 0.6 is 15.9 Å². The summed E-state index contributed by atoms with van der Waals surface area (Å²) in [5, 5.41) is 10.5. The Bertz CT molecular complexity index is 1030. The normalized spacial score (nSPS) is 19.6. The van der Waals surface area contributed by atoms with E-state index in [1.165, 1.54) is 0 Å². The van der Waals surface area contributed by atoms with Gasteiger partial charge >= 0.3 is 6.03 Å². The van der Waals surface area contributed by atoms with E-state index in [2.05, 4.69) is 31.4 Å². The van der Waals surface area contributed by atoms with Crippen molar-refractivity contribution in [1.29, 1.82) is 0 Å². The fourth-order valence-corrected chi connectivity index (χ4v) is 3.21. The number of amides is 3. The van der Waals surface area contributed by atoms with Gasteiger partial charge in [0, 0.05) is 0 Å². The summed E-state index contributed by atoms with van der Waals surface area (Å²) in [4.78, 5) is 26.4. The Morgan fingerprint density at radius 3 is 2.52 bits per heavy atom. The maximum atomic E-state index is 12.9. The molecular weight excluding hydrogens is 416 g/mol. The summed E-state index contributed by atoms with van der Waals surface area (Å²) in [6.45, 7) is 3.51. The van der Waals surface area contributed by atoms with Gasteiger partial charge in [-0.15, -0.1) is 10.2 Å². The molecule has 3 heterocycles. The fraction of sp³-hybridized carbons (Fsp3) is 0.222. The number of nitrogens with zero attached hydrogens (tertiary/aromatic N) is 3. The highest BCUT2D eigenvalue weighted by Gasteiger charge is 2.49. The van der Waals surface area contributed by atoms with Gasteiger partial charge < -0.3 is 14.2 Å². The van der Waals surface area contributed by atoms with Gasteiger partial charge in [0.1, 0.15) is 12.1 Å². The minimum Gasteiger partial charge on any atom is -0.444 e. The highest BCUT2D eigenvalue weighted by atomic mass is 79.9. The number of imide groups is 1. The standard InChI is InChI=1S/C18H15BrN4O4/c1-10-3-5-11(6-4-10)18(2)16(24)23(17(25)20-18)9-14-21-22-15(27-14)12-7-8-13(19)26-12/h3-8H,9H2,1-2H3,(H,20,25). The van der Waals surface area contributed by atoms with Crippen molar-refractivity contribution in [2.45, 2.75) is 25.9 Å². The molecule has 27 heavy (non-hydrogen) atoms. The van der Waals surface area contributed by atoms with Crippen LogP contribution in [-0.4, -0.2) is 27.0 Å². The average Bonchev–Trinajstić information content (AvgIpc) is 3.32. The number of aryl methyl sites for hydroxylation is 1. The molecule has 2 aromatic heterocycles. The number of urea groups is 1. The molecule has 1 N–H and O–H groups in total. The number of rotatable bonds is 4. The van der Waals surface area contributed by atoms with Gasteiger partial charge in [0.05, 0.1) is 0 Å². The number of hydrogen-bond donors (Lipinski definition) is 1. The zero-order chi connectivity index (χ0) is 19.2. The molecular formula is C18H15BrN4O4. The molecule has 0 saturated carbocycles. The maximum Gasteiger partial charge on any atom is 0.325 e. The number of halogens is 1. The third kappa shape index (κ3) is 3.03. The van der Waals surface area contributed by atoms with Gasteiger partial charge in [-0.2, -0.15) is 0 Å². The summed E-state index contributed by atoms with van der Waals surface area (Å²) in [5.41, 5.74) is 0.638. The van der Waals surface area contributed by atoms with Crippen LogP contribution in [0, 0.1) is 6.92 Å². The lowest BCUT2D eigenvalue weighted by molar-refractivity contribution is -0.131. The van der Waals surface area contributed by atoms with E-state index in [9.17, 15) is 9.59 Å². The number of benzene rings is 1. The second kappa shape index (κ2) is 6.34. The second-order valence-corrected chi connectivity index (χ2v) is 7.20. The van der Waals surface area contributed by atoms with E-state index >= 15 is 0 Å². The largest absolute Gasteiger partial charge is 0.444 e. The molecule has 1 saturated heterocycles. The van der Waals surface area contributed by atoms with Crippen LogP contribution in [0.25, 0.3) is 11.7 Å². The smallest absolute Gasteiger partial charge is 0.325 e. The van der Waals surface area contributed by atoms with Crippen LogP contribution in [0.15, 0.2) is 49.9 Å². The molecule has 1 aliphatic rings. The van der Waals surface area contributed by atoms with E-state index in [0.29, 0.717) is 16.0 Å². The van der Waals surface area contributed by atoms with E-state index < -0.39 is 11.6 Å². The van der Waals surface area contributed by atoms with Gasteiger partial charge in [-0.25, -0.2) is 4.79 Å². The quantitative estimate of drug-likeness (QED) is 0.636. The molecule has 3 aromatic rings. The zero-order valence-corrected chi connectivity index (χ0v) is 16.1. The third-order valence-electron chi connectivity index (χ3n) is 4.45. The van der Waals surface area contributed by atoms with Gasteiger partial charge in [0.15, 0.2) is 10.4 Å². The van der Waals surface area contributed by atoms with E-state index in [4.69, 9.17) is 8.83 Å². The van der Waals surface area contributed by atoms with E-state index in [1.807, 2.05) is 31.2 Å². The summed E-state index contributed by atoms with van der Waals surface area (Å²) in [6, 6.07) is 10.3. The van der Waals surface area contributed by atoms with Gasteiger partial charge in [-0.1, -0.05) is 29.8 Å². The van der Waals surface area contributed by atoms with Crippen LogP contribution < -0.4 is 5.32 Å². The molecule has 0 spiro atoms. The average molecular weight is 431 g/mol. The predicted octanol–water partition coefficient (Wildman–Crippen LogP) is 3.37. The van der Waals surface area contributed by atoms with Crippen LogP contribution in [-0.2, 0) is 16.9 Å². The fourth-order valence-electron chi connectivity index (χ4n) is 2.90. The van der Waals surface area contributed by atoms with Crippen LogP contribution in [0.4, 0.5) is 4.79 Å². The Hall–Kier alpha value is -2.94. The SMILES string of the molecule is Cc1ccc(C2(C)NC(=O)N(Cc3nnc(-c4ccc(Br)o4)o3)C2=O)cc1. The topological polar surface area (TPSA) is 101 Å². The first kappa shape index (κ1) is 17.5. The van der Waals surface area contributed by atoms with Crippen LogP contribution in [0.3, 0.4) is 0 Å². The summed E-state index contributed by atoms with van der Waals surface area (Å²) in [6.07, 6.45) is 0. The first-order valence-corrected chi connectivity index (χ1v) is 8.95.